The summed E-state index contributed by atoms with van der Waals surface area (Å²) in [5.41, 5.74) is 5.38. The van der Waals surface area contributed by atoms with Crippen LogP contribution in [0.4, 0.5) is 4.79 Å². The number of amides is 1. The molecular weight excluding hydrogens is 208 g/mol. The van der Waals surface area contributed by atoms with Crippen molar-refractivity contribution in [3.63, 3.8) is 0 Å². The molecule has 0 unspecified atom stereocenters. The molecule has 0 radical (unpaired) electrons. The van der Waals surface area contributed by atoms with Gasteiger partial charge in [-0.05, 0) is 18.8 Å². The van der Waals surface area contributed by atoms with Crippen LogP contribution in [-0.2, 0) is 9.47 Å². The van der Waals surface area contributed by atoms with Gasteiger partial charge in [-0.3, -0.25) is 0 Å². The predicted molar refractivity (Wildman–Crippen MR) is 61.2 cm³/mol. The first kappa shape index (κ1) is 13.3. The summed E-state index contributed by atoms with van der Waals surface area (Å²) in [4.78, 5) is 11.6. The fourth-order valence-electron chi connectivity index (χ4n) is 1.64. The zero-order valence-corrected chi connectivity index (χ0v) is 10.1. The van der Waals surface area contributed by atoms with Crippen molar-refractivity contribution in [2.45, 2.75) is 32.2 Å². The Bertz CT molecular complexity index is 225. The third kappa shape index (κ3) is 3.98. The number of nitrogens with one attached hydrogen (secondary N) is 1. The van der Waals surface area contributed by atoms with Gasteiger partial charge in [-0.2, -0.15) is 0 Å². The number of rotatable bonds is 4. The van der Waals surface area contributed by atoms with Crippen molar-refractivity contribution in [3.8, 4) is 0 Å². The fraction of sp³-hybridized carbons (Fsp3) is 0.909. The van der Waals surface area contributed by atoms with Crippen LogP contribution >= 0.6 is 0 Å². The molecule has 3 N–H and O–H groups in total. The first-order valence-corrected chi connectivity index (χ1v) is 5.81. The Morgan fingerprint density at radius 2 is 2.12 bits per heavy atom. The highest BCUT2D eigenvalue weighted by Gasteiger charge is 2.33. The molecule has 0 saturated carbocycles. The molecule has 0 aromatic heterocycles. The maximum atomic E-state index is 11.6. The van der Waals surface area contributed by atoms with E-state index in [1.54, 1.807) is 0 Å². The average Bonchev–Trinajstić information content (AvgIpc) is 2.28. The van der Waals surface area contributed by atoms with Gasteiger partial charge in [-0.1, -0.05) is 13.8 Å². The van der Waals surface area contributed by atoms with Crippen LogP contribution in [-0.4, -0.2) is 38.0 Å². The highest BCUT2D eigenvalue weighted by molar-refractivity contribution is 5.68. The van der Waals surface area contributed by atoms with Crippen molar-refractivity contribution in [2.24, 2.45) is 11.7 Å². The van der Waals surface area contributed by atoms with Crippen LogP contribution < -0.4 is 11.1 Å². The Hall–Kier alpha value is -0.810. The van der Waals surface area contributed by atoms with Gasteiger partial charge in [-0.25, -0.2) is 4.79 Å². The maximum absolute atomic E-state index is 11.6. The molecule has 5 heteroatoms. The van der Waals surface area contributed by atoms with Gasteiger partial charge in [0.25, 0.3) is 0 Å². The summed E-state index contributed by atoms with van der Waals surface area (Å²) in [5, 5.41) is 2.87. The zero-order valence-electron chi connectivity index (χ0n) is 10.1. The monoisotopic (exact) mass is 230 g/mol. The summed E-state index contributed by atoms with van der Waals surface area (Å²) in [7, 11) is 0. The lowest BCUT2D eigenvalue weighted by Crippen LogP contribution is -2.56. The molecule has 0 bridgehead atoms. The predicted octanol–water partition coefficient (Wildman–Crippen LogP) is 0.876. The number of carbonyl (C=O) groups excluding carboxylic acids is 1. The third-order valence-electron chi connectivity index (χ3n) is 2.76. The number of alkyl carbamates (subject to hydrolysis) is 1. The Morgan fingerprint density at radius 1 is 1.50 bits per heavy atom. The van der Waals surface area contributed by atoms with E-state index in [1.165, 1.54) is 0 Å². The molecule has 0 aliphatic carbocycles. The molecular formula is C11H22N2O3. The average molecular weight is 230 g/mol. The van der Waals surface area contributed by atoms with Crippen LogP contribution in [0.15, 0.2) is 0 Å². The molecule has 1 fully saturated rings. The second-order valence-corrected chi connectivity index (χ2v) is 4.71. The third-order valence-corrected chi connectivity index (χ3v) is 2.76. The van der Waals surface area contributed by atoms with Crippen LogP contribution in [0.3, 0.4) is 0 Å². The smallest absolute Gasteiger partial charge is 0.407 e. The number of carbonyl (C=O) groups is 1. The van der Waals surface area contributed by atoms with Gasteiger partial charge in [0.2, 0.25) is 0 Å². The van der Waals surface area contributed by atoms with Gasteiger partial charge >= 0.3 is 6.09 Å². The van der Waals surface area contributed by atoms with Gasteiger partial charge in [0, 0.05) is 19.8 Å². The Labute approximate surface area is 96.7 Å². The van der Waals surface area contributed by atoms with E-state index in [4.69, 9.17) is 15.2 Å². The lowest BCUT2D eigenvalue weighted by Gasteiger charge is -2.36. The fourth-order valence-corrected chi connectivity index (χ4v) is 1.64. The molecule has 0 spiro atoms. The highest BCUT2D eigenvalue weighted by Crippen LogP contribution is 2.19. The van der Waals surface area contributed by atoms with Crippen LogP contribution in [0, 0.1) is 5.92 Å². The highest BCUT2D eigenvalue weighted by atomic mass is 16.5. The molecule has 1 aliphatic heterocycles. The first-order valence-electron chi connectivity index (χ1n) is 5.81. The molecule has 0 aromatic carbocycles. The zero-order chi connectivity index (χ0) is 12.0. The van der Waals surface area contributed by atoms with Crippen molar-refractivity contribution < 1.29 is 14.3 Å². The van der Waals surface area contributed by atoms with E-state index in [2.05, 4.69) is 5.32 Å². The van der Waals surface area contributed by atoms with E-state index in [-0.39, 0.29) is 11.6 Å². The molecule has 1 saturated heterocycles. The SMILES string of the molecule is CC(C)COC(=O)NC1(CN)CCOCC1. The minimum atomic E-state index is -0.374. The summed E-state index contributed by atoms with van der Waals surface area (Å²) < 4.78 is 10.3. The number of ether oxygens (including phenoxy) is 2. The van der Waals surface area contributed by atoms with E-state index in [0.29, 0.717) is 32.3 Å². The van der Waals surface area contributed by atoms with Gasteiger partial charge in [0.1, 0.15) is 0 Å². The lowest BCUT2D eigenvalue weighted by molar-refractivity contribution is 0.0373. The van der Waals surface area contributed by atoms with Crippen LogP contribution in [0.1, 0.15) is 26.7 Å². The summed E-state index contributed by atoms with van der Waals surface area (Å²) in [6, 6.07) is 0. The topological polar surface area (TPSA) is 73.6 Å². The number of nitrogens with two attached hydrogens (primary N) is 1. The molecule has 0 atom stereocenters. The minimum absolute atomic E-state index is 0.341. The summed E-state index contributed by atoms with van der Waals surface area (Å²) in [6.45, 7) is 6.14. The molecule has 5 nitrogen and oxygen atoms in total. The second-order valence-electron chi connectivity index (χ2n) is 4.71. The Kier molecular flexibility index (Phi) is 5.02. The van der Waals surface area contributed by atoms with Gasteiger partial charge in [0.15, 0.2) is 0 Å². The van der Waals surface area contributed by atoms with Crippen molar-refractivity contribution in [3.05, 3.63) is 0 Å². The summed E-state index contributed by atoms with van der Waals surface area (Å²) in [5.74, 6) is 0.342. The van der Waals surface area contributed by atoms with Crippen molar-refractivity contribution in [1.82, 2.24) is 5.32 Å². The van der Waals surface area contributed by atoms with Crippen LogP contribution in [0.2, 0.25) is 0 Å². The molecule has 0 aromatic rings. The summed E-state index contributed by atoms with van der Waals surface area (Å²) in [6.07, 6.45) is 1.13. The normalized spacial score (nSPS) is 19.5. The summed E-state index contributed by atoms with van der Waals surface area (Å²) >= 11 is 0. The van der Waals surface area contributed by atoms with E-state index >= 15 is 0 Å². The van der Waals surface area contributed by atoms with Crippen molar-refractivity contribution >= 4 is 6.09 Å². The van der Waals surface area contributed by atoms with E-state index in [9.17, 15) is 4.79 Å². The van der Waals surface area contributed by atoms with Gasteiger partial charge in [0.05, 0.1) is 12.1 Å². The first-order chi connectivity index (χ1) is 7.58. The molecule has 1 rings (SSSR count). The van der Waals surface area contributed by atoms with Crippen molar-refractivity contribution in [2.75, 3.05) is 26.4 Å². The molecule has 1 heterocycles. The van der Waals surface area contributed by atoms with Gasteiger partial charge < -0.3 is 20.5 Å². The van der Waals surface area contributed by atoms with E-state index in [1.807, 2.05) is 13.8 Å². The maximum Gasteiger partial charge on any atom is 0.407 e. The van der Waals surface area contributed by atoms with Crippen LogP contribution in [0.25, 0.3) is 0 Å². The van der Waals surface area contributed by atoms with E-state index in [0.717, 1.165) is 12.8 Å². The number of hydrogen-bond acceptors (Lipinski definition) is 4. The Balaban J connectivity index is 2.39. The molecule has 94 valence electrons. The minimum Gasteiger partial charge on any atom is -0.449 e. The van der Waals surface area contributed by atoms with E-state index < -0.39 is 0 Å². The lowest BCUT2D eigenvalue weighted by atomic mass is 9.90. The van der Waals surface area contributed by atoms with Crippen LogP contribution in [0.5, 0.6) is 0 Å². The largest absolute Gasteiger partial charge is 0.449 e. The van der Waals surface area contributed by atoms with Gasteiger partial charge in [-0.15, -0.1) is 0 Å². The standard InChI is InChI=1S/C11H22N2O3/c1-9(2)7-16-10(14)13-11(8-12)3-5-15-6-4-11/h9H,3-8,12H2,1-2H3,(H,13,14). The van der Waals surface area contributed by atoms with Crippen molar-refractivity contribution in [1.29, 1.82) is 0 Å². The molecule has 1 aliphatic rings. The second kappa shape index (κ2) is 6.06. The number of hydrogen-bond donors (Lipinski definition) is 2. The molecule has 16 heavy (non-hydrogen) atoms. The Morgan fingerprint density at radius 3 is 2.62 bits per heavy atom. The molecule has 1 amide bonds. The quantitative estimate of drug-likeness (QED) is 0.751.